The van der Waals surface area contributed by atoms with Gasteiger partial charge in [0.05, 0.1) is 22.0 Å². The number of nitrogens with one attached hydrogen (secondary N) is 1. The number of rotatable bonds is 4. The molecule has 1 aromatic carbocycles. The molecule has 2 heterocycles. The van der Waals surface area contributed by atoms with Crippen molar-refractivity contribution < 1.29 is 17.3 Å². The Labute approximate surface area is 153 Å². The minimum absolute atomic E-state index is 0.117. The van der Waals surface area contributed by atoms with E-state index in [2.05, 4.69) is 9.88 Å². The molecule has 0 aliphatic rings. The maximum absolute atomic E-state index is 13.3. The van der Waals surface area contributed by atoms with Gasteiger partial charge in [-0.05, 0) is 39.0 Å². The highest BCUT2D eigenvalue weighted by atomic mass is 35.5. The Bertz CT molecular complexity index is 1060. The molecule has 0 aliphatic carbocycles. The van der Waals surface area contributed by atoms with Gasteiger partial charge in [-0.1, -0.05) is 16.8 Å². The first-order valence-electron chi connectivity index (χ1n) is 7.20. The van der Waals surface area contributed by atoms with Crippen molar-refractivity contribution in [3.63, 3.8) is 0 Å². The second kappa shape index (κ2) is 6.44. The number of anilines is 1. The average Bonchev–Trinajstić information content (AvgIpc) is 3.05. The highest BCUT2D eigenvalue weighted by molar-refractivity contribution is 7.93. The van der Waals surface area contributed by atoms with Gasteiger partial charge in [-0.25, -0.2) is 12.8 Å². The Morgan fingerprint density at radius 2 is 1.92 bits per heavy atom. The largest absolute Gasteiger partial charge is 0.356 e. The monoisotopic (exact) mass is 400 g/mol. The lowest BCUT2D eigenvalue weighted by Crippen LogP contribution is -2.14. The van der Waals surface area contributed by atoms with Crippen LogP contribution in [-0.2, 0) is 10.0 Å². The molecular formula is C16H14ClFN2O3S2. The SMILES string of the molecule is Cc1cc(-c2c(C)sc(C)c2S(=O)(=O)Nc2ccc(F)c(Cl)c2)on1. The summed E-state index contributed by atoms with van der Waals surface area (Å²) in [6, 6.07) is 5.32. The molecule has 0 unspecified atom stereocenters. The first-order valence-corrected chi connectivity index (χ1v) is 9.88. The Morgan fingerprint density at radius 3 is 2.52 bits per heavy atom. The minimum atomic E-state index is -3.93. The van der Waals surface area contributed by atoms with Crippen LogP contribution in [0.2, 0.25) is 5.02 Å². The van der Waals surface area contributed by atoms with Gasteiger partial charge in [0.1, 0.15) is 10.7 Å². The van der Waals surface area contributed by atoms with E-state index in [-0.39, 0.29) is 15.6 Å². The van der Waals surface area contributed by atoms with E-state index >= 15 is 0 Å². The first-order chi connectivity index (χ1) is 11.7. The second-order valence-electron chi connectivity index (χ2n) is 5.49. The zero-order valence-electron chi connectivity index (χ0n) is 13.6. The zero-order valence-corrected chi connectivity index (χ0v) is 15.9. The molecule has 0 amide bonds. The first kappa shape index (κ1) is 17.9. The third kappa shape index (κ3) is 3.42. The van der Waals surface area contributed by atoms with E-state index in [9.17, 15) is 12.8 Å². The third-order valence-corrected chi connectivity index (χ3v) is 6.51. The lowest BCUT2D eigenvalue weighted by atomic mass is 10.2. The lowest BCUT2D eigenvalue weighted by molar-refractivity contribution is 0.426. The van der Waals surface area contributed by atoms with Crippen LogP contribution >= 0.6 is 22.9 Å². The Morgan fingerprint density at radius 1 is 1.20 bits per heavy atom. The number of hydrogen-bond acceptors (Lipinski definition) is 5. The van der Waals surface area contributed by atoms with Crippen LogP contribution in [0, 0.1) is 26.6 Å². The molecule has 0 fully saturated rings. The number of benzene rings is 1. The number of thiophene rings is 1. The number of hydrogen-bond donors (Lipinski definition) is 1. The molecule has 2 aromatic heterocycles. The fourth-order valence-electron chi connectivity index (χ4n) is 2.52. The summed E-state index contributed by atoms with van der Waals surface area (Å²) in [5.41, 5.74) is 1.30. The van der Waals surface area contributed by atoms with E-state index < -0.39 is 15.8 Å². The standard InChI is InChI=1S/C16H14ClFN2O3S2/c1-8-6-14(23-19-8)15-9(2)24-10(3)16(15)25(21,22)20-11-4-5-13(18)12(17)7-11/h4-7,20H,1-3H3. The molecular weight excluding hydrogens is 387 g/mol. The molecule has 0 saturated heterocycles. The second-order valence-corrected chi connectivity index (χ2v) is 8.94. The molecule has 25 heavy (non-hydrogen) atoms. The minimum Gasteiger partial charge on any atom is -0.356 e. The van der Waals surface area contributed by atoms with Crippen LogP contribution in [0.15, 0.2) is 33.7 Å². The molecule has 0 radical (unpaired) electrons. The van der Waals surface area contributed by atoms with Gasteiger partial charge in [-0.15, -0.1) is 11.3 Å². The smallest absolute Gasteiger partial charge is 0.263 e. The summed E-state index contributed by atoms with van der Waals surface area (Å²) in [7, 11) is -3.93. The van der Waals surface area contributed by atoms with Crippen molar-refractivity contribution in [1.29, 1.82) is 0 Å². The normalized spacial score (nSPS) is 11.7. The van der Waals surface area contributed by atoms with Crippen molar-refractivity contribution in [3.8, 4) is 11.3 Å². The van der Waals surface area contributed by atoms with Gasteiger partial charge in [0.15, 0.2) is 5.76 Å². The predicted octanol–water partition coefficient (Wildman–Crippen LogP) is 4.92. The lowest BCUT2D eigenvalue weighted by Gasteiger charge is -2.10. The van der Waals surface area contributed by atoms with Gasteiger partial charge in [0, 0.05) is 15.8 Å². The van der Waals surface area contributed by atoms with Crippen LogP contribution in [0.1, 0.15) is 15.4 Å². The van der Waals surface area contributed by atoms with Crippen LogP contribution in [0.4, 0.5) is 10.1 Å². The number of aryl methyl sites for hydroxylation is 3. The maximum Gasteiger partial charge on any atom is 0.263 e. The number of sulfonamides is 1. The Kier molecular flexibility index (Phi) is 4.61. The summed E-state index contributed by atoms with van der Waals surface area (Å²) in [4.78, 5) is 1.53. The van der Waals surface area contributed by atoms with Crippen LogP contribution in [0.3, 0.4) is 0 Å². The highest BCUT2D eigenvalue weighted by Crippen LogP contribution is 2.40. The Balaban J connectivity index is 2.10. The molecule has 0 saturated carbocycles. The van der Waals surface area contributed by atoms with Gasteiger partial charge < -0.3 is 4.52 Å². The van der Waals surface area contributed by atoms with E-state index in [0.29, 0.717) is 21.9 Å². The summed E-state index contributed by atoms with van der Waals surface area (Å²) in [6.07, 6.45) is 0. The molecule has 5 nitrogen and oxygen atoms in total. The molecule has 3 rings (SSSR count). The average molecular weight is 401 g/mol. The van der Waals surface area contributed by atoms with Gasteiger partial charge in [0.25, 0.3) is 10.0 Å². The van der Waals surface area contributed by atoms with E-state index in [1.807, 2.05) is 6.92 Å². The van der Waals surface area contributed by atoms with Crippen LogP contribution in [0.25, 0.3) is 11.3 Å². The summed E-state index contributed by atoms with van der Waals surface area (Å²) in [5.74, 6) is -0.234. The fourth-order valence-corrected chi connectivity index (χ4v) is 5.62. The summed E-state index contributed by atoms with van der Waals surface area (Å²) in [5, 5.41) is 3.66. The highest BCUT2D eigenvalue weighted by Gasteiger charge is 2.28. The van der Waals surface area contributed by atoms with Crippen molar-refractivity contribution in [2.45, 2.75) is 25.7 Å². The van der Waals surface area contributed by atoms with Crippen LogP contribution in [0.5, 0.6) is 0 Å². The number of halogens is 2. The van der Waals surface area contributed by atoms with E-state index in [1.54, 1.807) is 19.9 Å². The van der Waals surface area contributed by atoms with Gasteiger partial charge in [-0.2, -0.15) is 0 Å². The van der Waals surface area contributed by atoms with Crippen molar-refractivity contribution >= 4 is 38.6 Å². The van der Waals surface area contributed by atoms with Crippen LogP contribution < -0.4 is 4.72 Å². The number of nitrogens with zero attached hydrogens (tertiary/aromatic N) is 1. The summed E-state index contributed by atoms with van der Waals surface area (Å²) >= 11 is 7.07. The van der Waals surface area contributed by atoms with Crippen molar-refractivity contribution in [2.24, 2.45) is 0 Å². The van der Waals surface area contributed by atoms with E-state index in [0.717, 1.165) is 10.9 Å². The molecule has 0 spiro atoms. The van der Waals surface area contributed by atoms with Gasteiger partial charge in [0.2, 0.25) is 0 Å². The molecule has 132 valence electrons. The molecule has 0 aliphatic heterocycles. The van der Waals surface area contributed by atoms with Gasteiger partial charge in [-0.3, -0.25) is 4.72 Å². The third-order valence-electron chi connectivity index (χ3n) is 3.52. The maximum atomic E-state index is 13.3. The van der Waals surface area contributed by atoms with Crippen LogP contribution in [-0.4, -0.2) is 13.6 Å². The summed E-state index contributed by atoms with van der Waals surface area (Å²) < 4.78 is 46.8. The Hall–Kier alpha value is -1.90. The van der Waals surface area contributed by atoms with E-state index in [4.69, 9.17) is 16.1 Å². The van der Waals surface area contributed by atoms with Crippen molar-refractivity contribution in [1.82, 2.24) is 5.16 Å². The van der Waals surface area contributed by atoms with E-state index in [1.165, 1.54) is 23.5 Å². The predicted molar refractivity (Wildman–Crippen MR) is 96.2 cm³/mol. The molecule has 1 N–H and O–H groups in total. The van der Waals surface area contributed by atoms with Crippen molar-refractivity contribution in [3.05, 3.63) is 50.6 Å². The van der Waals surface area contributed by atoms with Crippen molar-refractivity contribution in [2.75, 3.05) is 4.72 Å². The molecule has 3 aromatic rings. The zero-order chi connectivity index (χ0) is 18.4. The summed E-state index contributed by atoms with van der Waals surface area (Å²) in [6.45, 7) is 5.30. The number of aromatic nitrogens is 1. The molecule has 9 heteroatoms. The van der Waals surface area contributed by atoms with Gasteiger partial charge >= 0.3 is 0 Å². The fraction of sp³-hybridized carbons (Fsp3) is 0.188. The molecule has 0 bridgehead atoms. The topological polar surface area (TPSA) is 72.2 Å². The molecule has 0 atom stereocenters. The quantitative estimate of drug-likeness (QED) is 0.674.